The summed E-state index contributed by atoms with van der Waals surface area (Å²) in [6, 6.07) is 14.6. The molecule has 0 aliphatic rings. The summed E-state index contributed by atoms with van der Waals surface area (Å²) < 4.78 is 29.9. The van der Waals surface area contributed by atoms with E-state index in [4.69, 9.17) is 0 Å². The quantitative estimate of drug-likeness (QED) is 0.672. The van der Waals surface area contributed by atoms with Crippen LogP contribution in [0.3, 0.4) is 0 Å². The van der Waals surface area contributed by atoms with E-state index >= 15 is 0 Å². The molecule has 0 saturated carbocycles. The molecule has 1 N–H and O–H groups in total. The number of nitrogens with one attached hydrogen (secondary N) is 1. The summed E-state index contributed by atoms with van der Waals surface area (Å²) in [5, 5.41) is 0. The standard InChI is InChI=1S/C19H22N2O3S2/c1-14(2)10-11-20-26(23,24)16-8-9-17-18(12-16)25-19(22)21(17)13-15-6-4-3-5-7-15/h3-9,12,14,20H,10-11,13H2,1-2H3. The Morgan fingerprint density at radius 1 is 1.12 bits per heavy atom. The molecule has 0 atom stereocenters. The van der Waals surface area contributed by atoms with E-state index in [-0.39, 0.29) is 9.77 Å². The van der Waals surface area contributed by atoms with Gasteiger partial charge < -0.3 is 0 Å². The van der Waals surface area contributed by atoms with Crippen molar-refractivity contribution in [2.75, 3.05) is 6.54 Å². The Morgan fingerprint density at radius 3 is 2.54 bits per heavy atom. The monoisotopic (exact) mass is 390 g/mol. The molecular formula is C19H22N2O3S2. The first-order chi connectivity index (χ1) is 12.4. The lowest BCUT2D eigenvalue weighted by Gasteiger charge is -2.09. The summed E-state index contributed by atoms with van der Waals surface area (Å²) in [5.41, 5.74) is 1.78. The third-order valence-electron chi connectivity index (χ3n) is 4.15. The molecule has 138 valence electrons. The van der Waals surface area contributed by atoms with Crippen molar-refractivity contribution in [3.8, 4) is 0 Å². The van der Waals surface area contributed by atoms with Gasteiger partial charge in [-0.2, -0.15) is 0 Å². The van der Waals surface area contributed by atoms with E-state index < -0.39 is 10.0 Å². The Hall–Kier alpha value is -1.96. The van der Waals surface area contributed by atoms with Crippen LogP contribution in [0, 0.1) is 5.92 Å². The molecule has 26 heavy (non-hydrogen) atoms. The molecule has 0 aliphatic carbocycles. The van der Waals surface area contributed by atoms with Crippen molar-refractivity contribution in [1.82, 2.24) is 9.29 Å². The number of hydrogen-bond donors (Lipinski definition) is 1. The van der Waals surface area contributed by atoms with Gasteiger partial charge in [0.15, 0.2) is 0 Å². The average molecular weight is 391 g/mol. The van der Waals surface area contributed by atoms with Crippen LogP contribution in [-0.2, 0) is 16.6 Å². The van der Waals surface area contributed by atoms with Gasteiger partial charge in [0, 0.05) is 6.54 Å². The van der Waals surface area contributed by atoms with Crippen LogP contribution in [0.2, 0.25) is 0 Å². The minimum Gasteiger partial charge on any atom is -0.294 e. The Kier molecular flexibility index (Phi) is 5.60. The summed E-state index contributed by atoms with van der Waals surface area (Å²) in [6.45, 7) is 4.97. The minimum absolute atomic E-state index is 0.0915. The topological polar surface area (TPSA) is 68.2 Å². The Balaban J connectivity index is 1.90. The first kappa shape index (κ1) is 18.8. The molecule has 2 aromatic carbocycles. The molecule has 0 fully saturated rings. The van der Waals surface area contributed by atoms with Crippen LogP contribution in [0.5, 0.6) is 0 Å². The number of hydrogen-bond acceptors (Lipinski definition) is 4. The SMILES string of the molecule is CC(C)CCNS(=O)(=O)c1ccc2c(c1)sc(=O)n2Cc1ccccc1. The van der Waals surface area contributed by atoms with Crippen molar-refractivity contribution in [2.24, 2.45) is 5.92 Å². The maximum absolute atomic E-state index is 12.4. The van der Waals surface area contributed by atoms with E-state index in [1.165, 1.54) is 0 Å². The molecule has 0 aliphatic heterocycles. The van der Waals surface area contributed by atoms with Crippen molar-refractivity contribution in [2.45, 2.75) is 31.7 Å². The van der Waals surface area contributed by atoms with Crippen molar-refractivity contribution in [3.05, 3.63) is 63.8 Å². The van der Waals surface area contributed by atoms with Gasteiger partial charge in [-0.3, -0.25) is 9.36 Å². The molecule has 1 heterocycles. The second kappa shape index (κ2) is 7.73. The van der Waals surface area contributed by atoms with E-state index in [0.29, 0.717) is 23.7 Å². The second-order valence-corrected chi connectivity index (χ2v) is 9.41. The number of aromatic nitrogens is 1. The van der Waals surface area contributed by atoms with E-state index in [2.05, 4.69) is 4.72 Å². The zero-order valence-corrected chi connectivity index (χ0v) is 16.4. The normalized spacial score (nSPS) is 12.1. The molecule has 0 unspecified atom stereocenters. The molecule has 5 nitrogen and oxygen atoms in total. The smallest absolute Gasteiger partial charge is 0.294 e. The van der Waals surface area contributed by atoms with Crippen LogP contribution in [0.25, 0.3) is 10.2 Å². The predicted octanol–water partition coefficient (Wildman–Crippen LogP) is 3.44. The molecule has 0 bridgehead atoms. The van der Waals surface area contributed by atoms with Gasteiger partial charge >= 0.3 is 4.87 Å². The number of nitrogens with zero attached hydrogens (tertiary/aromatic N) is 1. The van der Waals surface area contributed by atoms with Crippen LogP contribution in [-0.4, -0.2) is 19.5 Å². The van der Waals surface area contributed by atoms with Crippen LogP contribution >= 0.6 is 11.3 Å². The van der Waals surface area contributed by atoms with E-state index in [1.807, 2.05) is 44.2 Å². The summed E-state index contributed by atoms with van der Waals surface area (Å²) >= 11 is 1.07. The number of benzene rings is 2. The highest BCUT2D eigenvalue weighted by Gasteiger charge is 2.16. The summed E-state index contributed by atoms with van der Waals surface area (Å²) in [7, 11) is -3.56. The van der Waals surface area contributed by atoms with Crippen LogP contribution in [0.1, 0.15) is 25.8 Å². The lowest BCUT2D eigenvalue weighted by atomic mass is 10.1. The van der Waals surface area contributed by atoms with Crippen molar-refractivity contribution < 1.29 is 8.42 Å². The lowest BCUT2D eigenvalue weighted by Crippen LogP contribution is -2.25. The van der Waals surface area contributed by atoms with Gasteiger partial charge in [0.25, 0.3) is 0 Å². The largest absolute Gasteiger partial charge is 0.308 e. The second-order valence-electron chi connectivity index (χ2n) is 6.65. The Labute approximate surface area is 157 Å². The first-order valence-electron chi connectivity index (χ1n) is 8.54. The summed E-state index contributed by atoms with van der Waals surface area (Å²) in [4.78, 5) is 12.5. The van der Waals surface area contributed by atoms with Gasteiger partial charge in [0.05, 0.1) is 21.7 Å². The lowest BCUT2D eigenvalue weighted by molar-refractivity contribution is 0.551. The van der Waals surface area contributed by atoms with Gasteiger partial charge in [-0.15, -0.1) is 0 Å². The summed E-state index contributed by atoms with van der Waals surface area (Å²) in [5.74, 6) is 0.428. The molecule has 0 radical (unpaired) electrons. The molecule has 1 aromatic heterocycles. The number of thiazole rings is 1. The third-order valence-corrected chi connectivity index (χ3v) is 6.55. The number of fused-ring (bicyclic) bond motifs is 1. The average Bonchev–Trinajstić information content (AvgIpc) is 2.90. The number of sulfonamides is 1. The van der Waals surface area contributed by atoms with Crippen molar-refractivity contribution >= 4 is 31.6 Å². The maximum Gasteiger partial charge on any atom is 0.308 e. The fourth-order valence-electron chi connectivity index (χ4n) is 2.69. The summed E-state index contributed by atoms with van der Waals surface area (Å²) in [6.07, 6.45) is 0.780. The molecular weight excluding hydrogens is 368 g/mol. The van der Waals surface area contributed by atoms with E-state index in [1.54, 1.807) is 22.8 Å². The zero-order valence-electron chi connectivity index (χ0n) is 14.8. The maximum atomic E-state index is 12.4. The molecule has 3 rings (SSSR count). The van der Waals surface area contributed by atoms with Crippen molar-refractivity contribution in [1.29, 1.82) is 0 Å². The molecule has 0 saturated heterocycles. The van der Waals surface area contributed by atoms with Gasteiger partial charge in [0.2, 0.25) is 10.0 Å². The fraction of sp³-hybridized carbons (Fsp3) is 0.316. The Morgan fingerprint density at radius 2 is 1.85 bits per heavy atom. The van der Waals surface area contributed by atoms with Gasteiger partial charge in [-0.05, 0) is 36.1 Å². The minimum atomic E-state index is -3.56. The van der Waals surface area contributed by atoms with Crippen LogP contribution in [0.15, 0.2) is 58.2 Å². The zero-order chi connectivity index (χ0) is 18.7. The molecule has 0 amide bonds. The molecule has 3 aromatic rings. The highest BCUT2D eigenvalue weighted by atomic mass is 32.2. The third kappa shape index (κ3) is 4.23. The highest BCUT2D eigenvalue weighted by Crippen LogP contribution is 2.22. The van der Waals surface area contributed by atoms with Crippen molar-refractivity contribution in [3.63, 3.8) is 0 Å². The predicted molar refractivity (Wildman–Crippen MR) is 106 cm³/mol. The van der Waals surface area contributed by atoms with Crippen LogP contribution in [0.4, 0.5) is 0 Å². The van der Waals surface area contributed by atoms with E-state index in [0.717, 1.165) is 28.8 Å². The first-order valence-corrected chi connectivity index (χ1v) is 10.8. The fourth-order valence-corrected chi connectivity index (χ4v) is 4.77. The Bertz CT molecular complexity index is 1050. The molecule has 7 heteroatoms. The number of rotatable bonds is 7. The van der Waals surface area contributed by atoms with E-state index in [9.17, 15) is 13.2 Å². The highest BCUT2D eigenvalue weighted by molar-refractivity contribution is 7.89. The van der Waals surface area contributed by atoms with Gasteiger partial charge in [-0.25, -0.2) is 13.1 Å². The van der Waals surface area contributed by atoms with Crippen LogP contribution < -0.4 is 9.60 Å². The molecule has 0 spiro atoms. The van der Waals surface area contributed by atoms with Gasteiger partial charge in [0.1, 0.15) is 0 Å². The van der Waals surface area contributed by atoms with Gasteiger partial charge in [-0.1, -0.05) is 55.5 Å².